The van der Waals surface area contributed by atoms with Crippen LogP contribution in [0.15, 0.2) is 97.2 Å². The number of rotatable bonds is 9. The van der Waals surface area contributed by atoms with Crippen molar-refractivity contribution >= 4 is 35.2 Å². The van der Waals surface area contributed by atoms with Gasteiger partial charge in [0.05, 0.1) is 12.1 Å². The fraction of sp³-hybridized carbons (Fsp3) is 0.161. The first-order valence-electron chi connectivity index (χ1n) is 12.9. The second kappa shape index (κ2) is 12.6. The molecule has 3 aromatic carbocycles. The zero-order chi connectivity index (χ0) is 28.8. The number of benzene rings is 3. The van der Waals surface area contributed by atoms with E-state index in [-0.39, 0.29) is 12.1 Å². The predicted molar refractivity (Wildman–Crippen MR) is 152 cm³/mol. The quantitative estimate of drug-likeness (QED) is 0.274. The van der Waals surface area contributed by atoms with Gasteiger partial charge in [-0.25, -0.2) is 9.18 Å². The summed E-state index contributed by atoms with van der Waals surface area (Å²) in [5.41, 5.74) is 2.28. The van der Waals surface area contributed by atoms with Crippen LogP contribution in [0.2, 0.25) is 5.02 Å². The van der Waals surface area contributed by atoms with Crippen LogP contribution in [0.5, 0.6) is 0 Å². The Kier molecular flexibility index (Phi) is 8.55. The Labute approximate surface area is 241 Å². The lowest BCUT2D eigenvalue weighted by molar-refractivity contribution is -0.126. The monoisotopic (exact) mass is 572 g/mol. The Morgan fingerprint density at radius 1 is 0.976 bits per heavy atom. The Balaban J connectivity index is 1.39. The third kappa shape index (κ3) is 6.70. The van der Waals surface area contributed by atoms with Crippen LogP contribution in [0.25, 0.3) is 0 Å². The molecule has 1 aromatic heterocycles. The first-order chi connectivity index (χ1) is 19.9. The predicted octanol–water partition coefficient (Wildman–Crippen LogP) is 5.55. The van der Waals surface area contributed by atoms with Crippen LogP contribution in [0.4, 0.5) is 14.9 Å². The summed E-state index contributed by atoms with van der Waals surface area (Å²) in [4.78, 5) is 45.0. The van der Waals surface area contributed by atoms with Crippen LogP contribution >= 0.6 is 11.6 Å². The second-order valence-electron chi connectivity index (χ2n) is 9.43. The molecule has 3 amide bonds. The van der Waals surface area contributed by atoms with Crippen molar-refractivity contribution in [1.82, 2.24) is 15.2 Å². The lowest BCUT2D eigenvalue weighted by Crippen LogP contribution is -2.46. The van der Waals surface area contributed by atoms with Crippen molar-refractivity contribution in [2.45, 2.75) is 25.1 Å². The molecule has 2 N–H and O–H groups in total. The van der Waals surface area contributed by atoms with Gasteiger partial charge in [-0.3, -0.25) is 19.5 Å². The molecule has 10 heteroatoms. The number of cyclic esters (lactones) is 1. The van der Waals surface area contributed by atoms with Gasteiger partial charge in [0.2, 0.25) is 5.91 Å². The lowest BCUT2D eigenvalue weighted by Gasteiger charge is -2.24. The van der Waals surface area contributed by atoms with E-state index in [2.05, 4.69) is 15.6 Å². The van der Waals surface area contributed by atoms with Gasteiger partial charge in [0.1, 0.15) is 5.82 Å². The normalized spacial score (nSPS) is 16.2. The highest BCUT2D eigenvalue weighted by Gasteiger charge is 2.47. The number of anilines is 1. The highest BCUT2D eigenvalue weighted by Crippen LogP contribution is 2.35. The second-order valence-corrected chi connectivity index (χ2v) is 9.86. The van der Waals surface area contributed by atoms with E-state index in [1.807, 2.05) is 18.2 Å². The van der Waals surface area contributed by atoms with Gasteiger partial charge in [-0.05, 0) is 59.7 Å². The van der Waals surface area contributed by atoms with Crippen molar-refractivity contribution < 1.29 is 23.5 Å². The molecule has 2 heterocycles. The number of nitrogens with one attached hydrogen (secondary N) is 2. The fourth-order valence-electron chi connectivity index (χ4n) is 4.64. The van der Waals surface area contributed by atoms with Crippen molar-refractivity contribution in [2.75, 3.05) is 11.9 Å². The van der Waals surface area contributed by atoms with Crippen LogP contribution in [-0.4, -0.2) is 40.4 Å². The van der Waals surface area contributed by atoms with E-state index >= 15 is 0 Å². The first-order valence-corrected chi connectivity index (χ1v) is 13.3. The highest BCUT2D eigenvalue weighted by atomic mass is 35.5. The summed E-state index contributed by atoms with van der Waals surface area (Å²) in [5, 5.41) is 6.08. The van der Waals surface area contributed by atoms with Crippen molar-refractivity contribution in [2.24, 2.45) is 0 Å². The van der Waals surface area contributed by atoms with Crippen LogP contribution in [-0.2, 0) is 22.5 Å². The molecule has 0 spiro atoms. The SMILES string of the molecule is O=C(Nc1cccc(C2OC(=O)N(Cc3cccc(Cl)c3)C2C(=O)NCCc2ccccn2)c1)c1ccccc1F. The van der Waals surface area contributed by atoms with E-state index in [1.165, 1.54) is 23.1 Å². The van der Waals surface area contributed by atoms with Gasteiger partial charge in [-0.2, -0.15) is 0 Å². The van der Waals surface area contributed by atoms with E-state index in [4.69, 9.17) is 16.3 Å². The highest BCUT2D eigenvalue weighted by molar-refractivity contribution is 6.30. The van der Waals surface area contributed by atoms with Gasteiger partial charge in [0, 0.05) is 35.6 Å². The molecule has 2 atom stereocenters. The maximum absolute atomic E-state index is 14.1. The van der Waals surface area contributed by atoms with Crippen LogP contribution in [0.1, 0.15) is 33.3 Å². The summed E-state index contributed by atoms with van der Waals surface area (Å²) in [5.74, 6) is -1.68. The number of nitrogens with zero attached hydrogens (tertiary/aromatic N) is 2. The van der Waals surface area contributed by atoms with E-state index in [9.17, 15) is 18.8 Å². The fourth-order valence-corrected chi connectivity index (χ4v) is 4.86. The van der Waals surface area contributed by atoms with Crippen molar-refractivity contribution in [1.29, 1.82) is 0 Å². The molecule has 0 saturated carbocycles. The third-order valence-electron chi connectivity index (χ3n) is 6.59. The van der Waals surface area contributed by atoms with Gasteiger partial charge >= 0.3 is 6.09 Å². The number of carbonyl (C=O) groups is 3. The molecular weight excluding hydrogens is 547 g/mol. The molecule has 8 nitrogen and oxygen atoms in total. The summed E-state index contributed by atoms with van der Waals surface area (Å²) in [6, 6.07) is 23.8. The third-order valence-corrected chi connectivity index (χ3v) is 6.83. The van der Waals surface area contributed by atoms with E-state index in [0.717, 1.165) is 11.3 Å². The minimum Gasteiger partial charge on any atom is -0.438 e. The summed E-state index contributed by atoms with van der Waals surface area (Å²) in [7, 11) is 0. The number of aromatic nitrogens is 1. The number of pyridine rings is 1. The number of amides is 3. The van der Waals surface area contributed by atoms with E-state index in [0.29, 0.717) is 29.2 Å². The van der Waals surface area contributed by atoms with Gasteiger partial charge in [0.25, 0.3) is 5.91 Å². The number of hydrogen-bond acceptors (Lipinski definition) is 5. The molecular formula is C31H26ClFN4O4. The standard InChI is InChI=1S/C31H26ClFN4O4/c32-22-9-5-7-20(17-22)19-37-27(30(39)35-16-14-23-10-3-4-15-34-23)28(41-31(37)40)21-8-6-11-24(18-21)36-29(38)25-12-1-2-13-26(25)33/h1-13,15,17-18,27-28H,14,16,19H2,(H,35,39)(H,36,38). The van der Waals surface area contributed by atoms with E-state index in [1.54, 1.807) is 60.8 Å². The topological polar surface area (TPSA) is 101 Å². The molecule has 0 bridgehead atoms. The summed E-state index contributed by atoms with van der Waals surface area (Å²) < 4.78 is 19.9. The number of hydrogen-bond donors (Lipinski definition) is 2. The van der Waals surface area contributed by atoms with Gasteiger partial charge in [0.15, 0.2) is 12.1 Å². The largest absolute Gasteiger partial charge is 0.438 e. The average Bonchev–Trinajstić information content (AvgIpc) is 3.29. The molecule has 1 aliphatic heterocycles. The number of carbonyl (C=O) groups excluding carboxylic acids is 3. The van der Waals surface area contributed by atoms with Gasteiger partial charge < -0.3 is 15.4 Å². The Bertz CT molecular complexity index is 1570. The first kappa shape index (κ1) is 27.8. The van der Waals surface area contributed by atoms with Crippen LogP contribution < -0.4 is 10.6 Å². The summed E-state index contributed by atoms with van der Waals surface area (Å²) >= 11 is 6.15. The Morgan fingerprint density at radius 3 is 2.56 bits per heavy atom. The smallest absolute Gasteiger partial charge is 0.411 e. The minimum absolute atomic E-state index is 0.0952. The molecule has 0 radical (unpaired) electrons. The average molecular weight is 573 g/mol. The summed E-state index contributed by atoms with van der Waals surface area (Å²) in [6.07, 6.45) is 0.550. The minimum atomic E-state index is -1.01. The molecule has 208 valence electrons. The molecule has 41 heavy (non-hydrogen) atoms. The molecule has 4 aromatic rings. The summed E-state index contributed by atoms with van der Waals surface area (Å²) in [6.45, 7) is 0.398. The zero-order valence-electron chi connectivity index (χ0n) is 21.8. The van der Waals surface area contributed by atoms with E-state index < -0.39 is 35.9 Å². The molecule has 5 rings (SSSR count). The maximum atomic E-state index is 14.1. The molecule has 2 unspecified atom stereocenters. The maximum Gasteiger partial charge on any atom is 0.411 e. The van der Waals surface area contributed by atoms with Crippen molar-refractivity contribution in [3.8, 4) is 0 Å². The van der Waals surface area contributed by atoms with Crippen molar-refractivity contribution in [3.05, 3.63) is 130 Å². The molecule has 1 fully saturated rings. The Hall–Kier alpha value is -4.76. The van der Waals surface area contributed by atoms with Gasteiger partial charge in [-0.1, -0.05) is 54.1 Å². The molecule has 1 saturated heterocycles. The zero-order valence-corrected chi connectivity index (χ0v) is 22.6. The van der Waals surface area contributed by atoms with Gasteiger partial charge in [-0.15, -0.1) is 0 Å². The molecule has 0 aliphatic carbocycles. The van der Waals surface area contributed by atoms with Crippen molar-refractivity contribution in [3.63, 3.8) is 0 Å². The van der Waals surface area contributed by atoms with Crippen LogP contribution in [0, 0.1) is 5.82 Å². The van der Waals surface area contributed by atoms with Crippen LogP contribution in [0.3, 0.4) is 0 Å². The number of halogens is 2. The molecule has 1 aliphatic rings. The lowest BCUT2D eigenvalue weighted by atomic mass is 10.00. The Morgan fingerprint density at radius 2 is 1.78 bits per heavy atom. The number of ether oxygens (including phenoxy) is 1.